The van der Waals surface area contributed by atoms with E-state index < -0.39 is 0 Å². The molecule has 0 N–H and O–H groups in total. The Balaban J connectivity index is 2.10. The number of benzene rings is 1. The number of thiophene rings is 1. The first-order chi connectivity index (χ1) is 10.2. The van der Waals surface area contributed by atoms with Crippen molar-refractivity contribution >= 4 is 16.3 Å². The van der Waals surface area contributed by atoms with Gasteiger partial charge < -0.3 is 0 Å². The van der Waals surface area contributed by atoms with E-state index in [1.807, 2.05) is 36.6 Å². The molecule has 3 rings (SSSR count). The molecule has 0 aliphatic rings. The Hall–Kier alpha value is -2.53. The molecule has 0 atom stereocenters. The Morgan fingerprint density at radius 1 is 1.10 bits per heavy atom. The van der Waals surface area contributed by atoms with Crippen molar-refractivity contribution in [3.8, 4) is 22.3 Å². The highest BCUT2D eigenvalue weighted by molar-refractivity contribution is 7.13. The number of hydrogen-bond donors (Lipinski definition) is 0. The van der Waals surface area contributed by atoms with E-state index in [4.69, 9.17) is 0 Å². The molecule has 1 aromatic carbocycles. The lowest BCUT2D eigenvalue weighted by atomic mass is 9.94. The number of aromatic nitrogens is 1. The number of pyridine rings is 1. The van der Waals surface area contributed by atoms with Crippen LogP contribution in [0.2, 0.25) is 0 Å². The van der Waals surface area contributed by atoms with Crippen LogP contribution in [0.5, 0.6) is 0 Å². The maximum absolute atomic E-state index is 10.8. The van der Waals surface area contributed by atoms with E-state index in [1.165, 1.54) is 0 Å². The van der Waals surface area contributed by atoms with Crippen molar-refractivity contribution in [2.24, 2.45) is 0 Å². The second-order valence-corrected chi connectivity index (χ2v) is 5.53. The van der Waals surface area contributed by atoms with Gasteiger partial charge >= 0.3 is 5.00 Å². The summed E-state index contributed by atoms with van der Waals surface area (Å²) in [6, 6.07) is 11.6. The Bertz CT molecular complexity index is 797. The number of rotatable bonds is 3. The number of hydrogen-bond acceptors (Lipinski definition) is 4. The monoisotopic (exact) mass is 296 g/mol. The van der Waals surface area contributed by atoms with Gasteiger partial charge in [-0.1, -0.05) is 29.5 Å². The van der Waals surface area contributed by atoms with E-state index >= 15 is 0 Å². The molecule has 0 radical (unpaired) electrons. The lowest BCUT2D eigenvalue weighted by molar-refractivity contribution is -0.380. The van der Waals surface area contributed by atoms with Crippen LogP contribution >= 0.6 is 11.3 Å². The summed E-state index contributed by atoms with van der Waals surface area (Å²) in [4.78, 5) is 14.5. The quantitative estimate of drug-likeness (QED) is 0.520. The lowest BCUT2D eigenvalue weighted by Gasteiger charge is -2.10. The highest BCUT2D eigenvalue weighted by Gasteiger charge is 2.14. The molecule has 4 nitrogen and oxygen atoms in total. The Morgan fingerprint density at radius 3 is 2.38 bits per heavy atom. The molecule has 21 heavy (non-hydrogen) atoms. The first-order valence-electron chi connectivity index (χ1n) is 6.40. The maximum atomic E-state index is 10.8. The molecule has 0 fully saturated rings. The SMILES string of the molecule is Cc1c(-c2ccncc2)cccc1-c1csc([N+](=O)[O-])c1. The molecule has 5 heteroatoms. The van der Waals surface area contributed by atoms with E-state index in [2.05, 4.69) is 11.1 Å². The fourth-order valence-corrected chi connectivity index (χ4v) is 3.08. The van der Waals surface area contributed by atoms with Gasteiger partial charge in [-0.2, -0.15) is 0 Å². The minimum atomic E-state index is -0.351. The number of nitro groups is 1. The minimum Gasteiger partial charge on any atom is -0.265 e. The third-order valence-electron chi connectivity index (χ3n) is 3.40. The van der Waals surface area contributed by atoms with Crippen molar-refractivity contribution < 1.29 is 4.92 Å². The Kier molecular flexibility index (Phi) is 3.50. The van der Waals surface area contributed by atoms with Crippen LogP contribution < -0.4 is 0 Å². The third kappa shape index (κ3) is 2.55. The predicted molar refractivity (Wildman–Crippen MR) is 84.4 cm³/mol. The van der Waals surface area contributed by atoms with Gasteiger partial charge in [-0.3, -0.25) is 15.1 Å². The molecule has 0 amide bonds. The summed E-state index contributed by atoms with van der Waals surface area (Å²) in [5.74, 6) is 0. The first-order valence-corrected chi connectivity index (χ1v) is 7.28. The molecule has 2 heterocycles. The molecule has 0 aliphatic carbocycles. The zero-order chi connectivity index (χ0) is 14.8. The second kappa shape index (κ2) is 5.46. The molecule has 0 aliphatic heterocycles. The third-order valence-corrected chi connectivity index (χ3v) is 4.28. The summed E-state index contributed by atoms with van der Waals surface area (Å²) >= 11 is 1.15. The average molecular weight is 296 g/mol. The van der Waals surface area contributed by atoms with Gasteiger partial charge in [-0.15, -0.1) is 0 Å². The molecule has 3 aromatic rings. The minimum absolute atomic E-state index is 0.165. The van der Waals surface area contributed by atoms with E-state index in [0.717, 1.165) is 39.2 Å². The molecule has 104 valence electrons. The second-order valence-electron chi connectivity index (χ2n) is 4.64. The van der Waals surface area contributed by atoms with Gasteiger partial charge in [0.1, 0.15) is 0 Å². The predicted octanol–water partition coefficient (Wildman–Crippen LogP) is 4.69. The van der Waals surface area contributed by atoms with Crippen molar-refractivity contribution in [1.29, 1.82) is 0 Å². The fraction of sp³-hybridized carbons (Fsp3) is 0.0625. The Morgan fingerprint density at radius 2 is 1.76 bits per heavy atom. The zero-order valence-electron chi connectivity index (χ0n) is 11.3. The van der Waals surface area contributed by atoms with Gasteiger partial charge in [0.2, 0.25) is 0 Å². The Labute approximate surface area is 125 Å². The van der Waals surface area contributed by atoms with Gasteiger partial charge in [0.05, 0.1) is 4.92 Å². The summed E-state index contributed by atoms with van der Waals surface area (Å²) < 4.78 is 0. The standard InChI is InChI=1S/C16H12N2O2S/c1-11-14(12-5-7-17-8-6-12)3-2-4-15(11)13-9-16(18(19)20)21-10-13/h2-10H,1H3. The lowest BCUT2D eigenvalue weighted by Crippen LogP contribution is -1.88. The largest absolute Gasteiger partial charge is 0.324 e. The molecule has 2 aromatic heterocycles. The summed E-state index contributed by atoms with van der Waals surface area (Å²) in [6.07, 6.45) is 3.52. The summed E-state index contributed by atoms with van der Waals surface area (Å²) in [6.45, 7) is 2.04. The van der Waals surface area contributed by atoms with Crippen LogP contribution in [0.25, 0.3) is 22.3 Å². The van der Waals surface area contributed by atoms with E-state index in [9.17, 15) is 10.1 Å². The molecule has 0 spiro atoms. The number of nitrogens with zero attached hydrogens (tertiary/aromatic N) is 2. The van der Waals surface area contributed by atoms with Crippen molar-refractivity contribution in [3.63, 3.8) is 0 Å². The molecular weight excluding hydrogens is 284 g/mol. The van der Waals surface area contributed by atoms with Crippen LogP contribution in [0, 0.1) is 17.0 Å². The zero-order valence-corrected chi connectivity index (χ0v) is 12.1. The average Bonchev–Trinajstić information content (AvgIpc) is 2.98. The van der Waals surface area contributed by atoms with Crippen LogP contribution in [0.3, 0.4) is 0 Å². The van der Waals surface area contributed by atoms with E-state index in [-0.39, 0.29) is 9.92 Å². The highest BCUT2D eigenvalue weighted by Crippen LogP contribution is 2.35. The van der Waals surface area contributed by atoms with Crippen molar-refractivity contribution in [3.05, 3.63) is 69.8 Å². The molecule has 0 bridgehead atoms. The van der Waals surface area contributed by atoms with Crippen molar-refractivity contribution in [2.75, 3.05) is 0 Å². The molecular formula is C16H12N2O2S. The highest BCUT2D eigenvalue weighted by atomic mass is 32.1. The van der Waals surface area contributed by atoms with E-state index in [1.54, 1.807) is 18.5 Å². The first kappa shape index (κ1) is 13.5. The van der Waals surface area contributed by atoms with Gasteiger partial charge in [-0.05, 0) is 46.9 Å². The van der Waals surface area contributed by atoms with Gasteiger partial charge in [0.15, 0.2) is 0 Å². The molecule has 0 unspecified atom stereocenters. The van der Waals surface area contributed by atoms with Crippen molar-refractivity contribution in [2.45, 2.75) is 6.92 Å². The summed E-state index contributed by atoms with van der Waals surface area (Å²) in [7, 11) is 0. The van der Waals surface area contributed by atoms with Crippen LogP contribution in [-0.2, 0) is 0 Å². The topological polar surface area (TPSA) is 56.0 Å². The van der Waals surface area contributed by atoms with Crippen LogP contribution in [0.15, 0.2) is 54.2 Å². The van der Waals surface area contributed by atoms with Gasteiger partial charge in [0, 0.05) is 23.8 Å². The van der Waals surface area contributed by atoms with Crippen LogP contribution in [0.4, 0.5) is 5.00 Å². The van der Waals surface area contributed by atoms with Crippen molar-refractivity contribution in [1.82, 2.24) is 4.98 Å². The normalized spacial score (nSPS) is 10.5. The van der Waals surface area contributed by atoms with Gasteiger partial charge in [0.25, 0.3) is 0 Å². The maximum Gasteiger partial charge on any atom is 0.324 e. The smallest absolute Gasteiger partial charge is 0.265 e. The summed E-state index contributed by atoms with van der Waals surface area (Å²) in [5.41, 5.74) is 5.22. The van der Waals surface area contributed by atoms with Crippen LogP contribution in [0.1, 0.15) is 5.56 Å². The molecule has 0 saturated carbocycles. The van der Waals surface area contributed by atoms with Crippen LogP contribution in [-0.4, -0.2) is 9.91 Å². The molecule has 0 saturated heterocycles. The van der Waals surface area contributed by atoms with Gasteiger partial charge in [-0.25, -0.2) is 0 Å². The fourth-order valence-electron chi connectivity index (χ4n) is 2.35. The van der Waals surface area contributed by atoms with E-state index in [0.29, 0.717) is 0 Å². The summed E-state index contributed by atoms with van der Waals surface area (Å²) in [5, 5.41) is 12.8.